The first-order valence-corrected chi connectivity index (χ1v) is 4.07. The van der Waals surface area contributed by atoms with Crippen LogP contribution in [0, 0.1) is 0 Å². The maximum absolute atomic E-state index is 11.1. The van der Waals surface area contributed by atoms with Gasteiger partial charge >= 0.3 is 6.09 Å². The molecule has 0 saturated heterocycles. The molecule has 5 heteroatoms. The Balaban J connectivity index is 2.72. The number of aliphatic hydroxyl groups is 1. The number of aromatic nitrogens is 1. The van der Waals surface area contributed by atoms with Crippen molar-refractivity contribution in [1.29, 1.82) is 0 Å². The van der Waals surface area contributed by atoms with Crippen molar-refractivity contribution in [2.75, 3.05) is 14.1 Å². The fourth-order valence-electron chi connectivity index (χ4n) is 0.798. The number of ether oxygens (including phenoxy) is 1. The summed E-state index contributed by atoms with van der Waals surface area (Å²) in [5.74, 6) is 0.329. The lowest BCUT2D eigenvalue weighted by molar-refractivity contribution is 0.171. The Kier molecular flexibility index (Phi) is 3.41. The Morgan fingerprint density at radius 2 is 2.29 bits per heavy atom. The summed E-state index contributed by atoms with van der Waals surface area (Å²) < 4.78 is 4.93. The van der Waals surface area contributed by atoms with Crippen LogP contribution < -0.4 is 4.74 Å². The Labute approximate surface area is 81.9 Å². The van der Waals surface area contributed by atoms with Crippen LogP contribution in [0.4, 0.5) is 4.79 Å². The molecule has 0 aliphatic heterocycles. The minimum Gasteiger partial charge on any atom is -0.409 e. The van der Waals surface area contributed by atoms with Crippen LogP contribution in [-0.4, -0.2) is 35.2 Å². The summed E-state index contributed by atoms with van der Waals surface area (Å²) in [4.78, 5) is 16.2. The number of pyridine rings is 1. The molecule has 0 aromatic carbocycles. The highest BCUT2D eigenvalue weighted by molar-refractivity contribution is 5.69. The highest BCUT2D eigenvalue weighted by Gasteiger charge is 2.06. The third-order valence-electron chi connectivity index (χ3n) is 1.52. The summed E-state index contributed by atoms with van der Waals surface area (Å²) in [5, 5.41) is 8.81. The smallest absolute Gasteiger partial charge is 0.409 e. The summed E-state index contributed by atoms with van der Waals surface area (Å²) in [6, 6.07) is 1.56. The lowest BCUT2D eigenvalue weighted by atomic mass is 10.3. The molecule has 1 N–H and O–H groups in total. The molecule has 0 bridgehead atoms. The molecule has 0 atom stereocenters. The van der Waals surface area contributed by atoms with Gasteiger partial charge in [0.25, 0.3) is 0 Å². The van der Waals surface area contributed by atoms with E-state index in [2.05, 4.69) is 4.98 Å². The maximum atomic E-state index is 11.1. The Bertz CT molecular complexity index is 326. The van der Waals surface area contributed by atoms with Crippen molar-refractivity contribution < 1.29 is 14.6 Å². The van der Waals surface area contributed by atoms with Gasteiger partial charge in [0.15, 0.2) is 5.75 Å². The summed E-state index contributed by atoms with van der Waals surface area (Å²) in [7, 11) is 3.18. The van der Waals surface area contributed by atoms with Crippen LogP contribution in [0.3, 0.4) is 0 Å². The van der Waals surface area contributed by atoms with Crippen LogP contribution in [0.2, 0.25) is 0 Å². The predicted molar refractivity (Wildman–Crippen MR) is 49.9 cm³/mol. The molecular weight excluding hydrogens is 184 g/mol. The largest absolute Gasteiger partial charge is 0.414 e. The lowest BCUT2D eigenvalue weighted by Crippen LogP contribution is -2.25. The van der Waals surface area contributed by atoms with E-state index in [1.165, 1.54) is 17.3 Å². The quantitative estimate of drug-likeness (QED) is 0.753. The van der Waals surface area contributed by atoms with E-state index >= 15 is 0 Å². The van der Waals surface area contributed by atoms with Gasteiger partial charge in [-0.1, -0.05) is 0 Å². The maximum Gasteiger partial charge on any atom is 0.414 e. The van der Waals surface area contributed by atoms with Crippen molar-refractivity contribution in [1.82, 2.24) is 9.88 Å². The van der Waals surface area contributed by atoms with Crippen LogP contribution in [0.1, 0.15) is 5.56 Å². The zero-order valence-electron chi connectivity index (χ0n) is 8.10. The molecule has 76 valence electrons. The van der Waals surface area contributed by atoms with Crippen molar-refractivity contribution in [2.24, 2.45) is 0 Å². The van der Waals surface area contributed by atoms with Gasteiger partial charge < -0.3 is 14.7 Å². The summed E-state index contributed by atoms with van der Waals surface area (Å²) in [6.07, 6.45) is 2.45. The van der Waals surface area contributed by atoms with Crippen LogP contribution in [0.15, 0.2) is 18.5 Å². The second-order valence-corrected chi connectivity index (χ2v) is 2.95. The molecule has 1 heterocycles. The van der Waals surface area contributed by atoms with Gasteiger partial charge in [0.2, 0.25) is 0 Å². The number of carbonyl (C=O) groups is 1. The molecule has 1 aromatic rings. The first-order valence-electron chi connectivity index (χ1n) is 4.07. The molecule has 1 amide bonds. The molecule has 0 saturated carbocycles. The van der Waals surface area contributed by atoms with Crippen LogP contribution >= 0.6 is 0 Å². The van der Waals surface area contributed by atoms with E-state index < -0.39 is 6.09 Å². The zero-order chi connectivity index (χ0) is 10.6. The Morgan fingerprint density at radius 3 is 2.86 bits per heavy atom. The van der Waals surface area contributed by atoms with E-state index in [0.717, 1.165) is 0 Å². The number of aliphatic hydroxyl groups excluding tert-OH is 1. The fraction of sp³-hybridized carbons (Fsp3) is 0.333. The predicted octanol–water partition coefficient (Wildman–Crippen LogP) is 0.634. The fourth-order valence-corrected chi connectivity index (χ4v) is 0.798. The third-order valence-corrected chi connectivity index (χ3v) is 1.52. The highest BCUT2D eigenvalue weighted by atomic mass is 16.6. The molecule has 0 unspecified atom stereocenters. The van der Waals surface area contributed by atoms with Gasteiger partial charge in [0.1, 0.15) is 0 Å². The summed E-state index contributed by atoms with van der Waals surface area (Å²) >= 11 is 0. The standard InChI is InChI=1S/C9H12N2O3/c1-11(2)9(13)14-8-3-7(6-12)4-10-5-8/h3-5,12H,6H2,1-2H3. The molecule has 0 aliphatic carbocycles. The molecule has 1 aromatic heterocycles. The molecular formula is C9H12N2O3. The third kappa shape index (κ3) is 2.70. The van der Waals surface area contributed by atoms with Crippen LogP contribution in [0.25, 0.3) is 0 Å². The van der Waals surface area contributed by atoms with Gasteiger partial charge in [-0.15, -0.1) is 0 Å². The number of amides is 1. The number of hydrogen-bond acceptors (Lipinski definition) is 4. The summed E-state index contributed by atoms with van der Waals surface area (Å²) in [6.45, 7) is -0.125. The van der Waals surface area contributed by atoms with E-state index in [1.807, 2.05) is 0 Å². The van der Waals surface area contributed by atoms with Gasteiger partial charge in [-0.3, -0.25) is 4.98 Å². The van der Waals surface area contributed by atoms with Gasteiger partial charge in [-0.05, 0) is 11.6 Å². The molecule has 1 rings (SSSR count). The number of carbonyl (C=O) groups excluding carboxylic acids is 1. The average molecular weight is 196 g/mol. The van der Waals surface area contributed by atoms with Crippen LogP contribution in [-0.2, 0) is 6.61 Å². The van der Waals surface area contributed by atoms with Gasteiger partial charge in [0, 0.05) is 20.3 Å². The topological polar surface area (TPSA) is 62.7 Å². The monoisotopic (exact) mass is 196 g/mol. The van der Waals surface area contributed by atoms with Crippen molar-refractivity contribution in [3.05, 3.63) is 24.0 Å². The van der Waals surface area contributed by atoms with Crippen molar-refractivity contribution in [3.63, 3.8) is 0 Å². The zero-order valence-corrected chi connectivity index (χ0v) is 8.10. The molecule has 0 aliphatic rings. The Hall–Kier alpha value is -1.62. The number of hydrogen-bond donors (Lipinski definition) is 1. The first kappa shape index (κ1) is 10.5. The van der Waals surface area contributed by atoms with Crippen molar-refractivity contribution in [3.8, 4) is 5.75 Å². The first-order chi connectivity index (χ1) is 6.63. The minimum atomic E-state index is -0.470. The van der Waals surface area contributed by atoms with E-state index in [0.29, 0.717) is 11.3 Å². The molecule has 0 spiro atoms. The van der Waals surface area contributed by atoms with E-state index in [9.17, 15) is 4.79 Å². The molecule has 5 nitrogen and oxygen atoms in total. The van der Waals surface area contributed by atoms with E-state index in [1.54, 1.807) is 20.2 Å². The van der Waals surface area contributed by atoms with E-state index in [-0.39, 0.29) is 6.61 Å². The molecule has 14 heavy (non-hydrogen) atoms. The van der Waals surface area contributed by atoms with Gasteiger partial charge in [-0.25, -0.2) is 4.79 Å². The SMILES string of the molecule is CN(C)C(=O)Oc1cncc(CO)c1. The van der Waals surface area contributed by atoms with Gasteiger partial charge in [-0.2, -0.15) is 0 Å². The summed E-state index contributed by atoms with van der Waals surface area (Å²) in [5.41, 5.74) is 0.606. The normalized spacial score (nSPS) is 9.64. The van der Waals surface area contributed by atoms with Crippen molar-refractivity contribution >= 4 is 6.09 Å². The minimum absolute atomic E-state index is 0.125. The van der Waals surface area contributed by atoms with E-state index in [4.69, 9.17) is 9.84 Å². The second kappa shape index (κ2) is 4.57. The van der Waals surface area contributed by atoms with Crippen LogP contribution in [0.5, 0.6) is 5.75 Å². The second-order valence-electron chi connectivity index (χ2n) is 2.95. The number of nitrogens with zero attached hydrogens (tertiary/aromatic N) is 2. The highest BCUT2D eigenvalue weighted by Crippen LogP contribution is 2.11. The molecule has 0 radical (unpaired) electrons. The van der Waals surface area contributed by atoms with Gasteiger partial charge in [0.05, 0.1) is 12.8 Å². The number of rotatable bonds is 2. The average Bonchev–Trinajstić information content (AvgIpc) is 2.18. The lowest BCUT2D eigenvalue weighted by Gasteiger charge is -2.10. The Morgan fingerprint density at radius 1 is 1.57 bits per heavy atom. The molecule has 0 fully saturated rings. The van der Waals surface area contributed by atoms with Crippen molar-refractivity contribution in [2.45, 2.75) is 6.61 Å².